The Labute approximate surface area is 112 Å². The number of pyridine rings is 1. The van der Waals surface area contributed by atoms with Crippen LogP contribution in [0.25, 0.3) is 0 Å². The van der Waals surface area contributed by atoms with E-state index >= 15 is 0 Å². The van der Waals surface area contributed by atoms with Gasteiger partial charge in [0.25, 0.3) is 0 Å². The molecule has 19 heavy (non-hydrogen) atoms. The zero-order valence-corrected chi connectivity index (χ0v) is 11.2. The van der Waals surface area contributed by atoms with Gasteiger partial charge in [0.2, 0.25) is 0 Å². The lowest BCUT2D eigenvalue weighted by molar-refractivity contribution is 0.0271. The summed E-state index contributed by atoms with van der Waals surface area (Å²) in [6.45, 7) is 3.79. The first-order valence-corrected chi connectivity index (χ1v) is 6.29. The van der Waals surface area contributed by atoms with Gasteiger partial charge in [-0.05, 0) is 19.1 Å². The number of nitrogens with zero attached hydrogens (tertiary/aromatic N) is 2. The van der Waals surface area contributed by atoms with Gasteiger partial charge < -0.3 is 20.1 Å². The molecule has 2 heterocycles. The van der Waals surface area contributed by atoms with E-state index in [1.807, 2.05) is 11.8 Å². The largest absolute Gasteiger partial charge is 0.465 e. The molecular weight excluding hydrogens is 246 g/mol. The molecule has 0 bridgehead atoms. The van der Waals surface area contributed by atoms with Gasteiger partial charge in [-0.1, -0.05) is 0 Å². The van der Waals surface area contributed by atoms with E-state index in [4.69, 9.17) is 15.2 Å². The fraction of sp³-hybridized carbons (Fsp3) is 0.538. The summed E-state index contributed by atoms with van der Waals surface area (Å²) in [4.78, 5) is 18.1. The minimum absolute atomic E-state index is 0.0544. The van der Waals surface area contributed by atoms with Gasteiger partial charge in [-0.25, -0.2) is 9.78 Å². The summed E-state index contributed by atoms with van der Waals surface area (Å²) in [5.41, 5.74) is 6.34. The minimum atomic E-state index is -0.382. The van der Waals surface area contributed by atoms with Crippen LogP contribution in [0.2, 0.25) is 0 Å². The van der Waals surface area contributed by atoms with Crippen LogP contribution in [0.1, 0.15) is 17.3 Å². The fourth-order valence-corrected chi connectivity index (χ4v) is 2.10. The molecule has 2 N–H and O–H groups in total. The summed E-state index contributed by atoms with van der Waals surface area (Å²) in [6.07, 6.45) is 1.61. The second kappa shape index (κ2) is 5.99. The average Bonchev–Trinajstić information content (AvgIpc) is 2.46. The van der Waals surface area contributed by atoms with Crippen molar-refractivity contribution in [3.05, 3.63) is 23.9 Å². The minimum Gasteiger partial charge on any atom is -0.465 e. The van der Waals surface area contributed by atoms with E-state index in [0.29, 0.717) is 31.1 Å². The zero-order valence-electron chi connectivity index (χ0n) is 11.2. The molecule has 1 aliphatic heterocycles. The van der Waals surface area contributed by atoms with E-state index < -0.39 is 0 Å². The van der Waals surface area contributed by atoms with E-state index in [9.17, 15) is 4.79 Å². The lowest BCUT2D eigenvalue weighted by Gasteiger charge is -2.35. The Kier molecular flexibility index (Phi) is 4.34. The lowest BCUT2D eigenvalue weighted by atomic mass is 10.1. The lowest BCUT2D eigenvalue weighted by Crippen LogP contribution is -2.50. The van der Waals surface area contributed by atoms with Gasteiger partial charge in [0.15, 0.2) is 0 Å². The topological polar surface area (TPSA) is 77.7 Å². The van der Waals surface area contributed by atoms with Gasteiger partial charge in [-0.2, -0.15) is 0 Å². The molecule has 1 saturated heterocycles. The maximum absolute atomic E-state index is 11.7. The molecule has 1 aromatic heterocycles. The predicted octanol–water partition coefficient (Wildman–Crippen LogP) is 0.421. The number of hydrogen-bond donors (Lipinski definition) is 1. The van der Waals surface area contributed by atoms with Crippen molar-refractivity contribution < 1.29 is 14.3 Å². The number of carbonyl (C=O) groups excluding carboxylic acids is 1. The van der Waals surface area contributed by atoms with Crippen molar-refractivity contribution in [2.24, 2.45) is 5.73 Å². The number of methoxy groups -OCH3 is 1. The molecular formula is C13H19N3O3. The SMILES string of the molecule is COC(=O)c1cccnc1N1CCOC(C(C)N)C1. The average molecular weight is 265 g/mol. The second-order valence-electron chi connectivity index (χ2n) is 4.58. The first-order chi connectivity index (χ1) is 9.13. The summed E-state index contributed by atoms with van der Waals surface area (Å²) in [5, 5.41) is 0. The Morgan fingerprint density at radius 1 is 1.68 bits per heavy atom. The highest BCUT2D eigenvalue weighted by Gasteiger charge is 2.27. The van der Waals surface area contributed by atoms with Crippen molar-refractivity contribution in [1.82, 2.24) is 4.98 Å². The summed E-state index contributed by atoms with van der Waals surface area (Å²) in [5.74, 6) is 0.246. The molecule has 0 aromatic carbocycles. The number of aromatic nitrogens is 1. The first-order valence-electron chi connectivity index (χ1n) is 6.29. The summed E-state index contributed by atoms with van der Waals surface area (Å²) < 4.78 is 10.4. The van der Waals surface area contributed by atoms with Crippen molar-refractivity contribution in [3.63, 3.8) is 0 Å². The molecule has 2 rings (SSSR count). The van der Waals surface area contributed by atoms with Crippen LogP contribution >= 0.6 is 0 Å². The molecule has 1 fully saturated rings. The monoisotopic (exact) mass is 265 g/mol. The van der Waals surface area contributed by atoms with Gasteiger partial charge >= 0.3 is 5.97 Å². The van der Waals surface area contributed by atoms with Crippen molar-refractivity contribution in [2.75, 3.05) is 31.7 Å². The van der Waals surface area contributed by atoms with Gasteiger partial charge in [0, 0.05) is 25.3 Å². The smallest absolute Gasteiger partial charge is 0.341 e. The standard InChI is InChI=1S/C13H19N3O3/c1-9(14)11-8-16(6-7-19-11)12-10(13(17)18-2)4-3-5-15-12/h3-5,9,11H,6-8,14H2,1-2H3. The normalized spacial score (nSPS) is 21.0. The molecule has 0 amide bonds. The fourth-order valence-electron chi connectivity index (χ4n) is 2.10. The molecule has 2 unspecified atom stereocenters. The van der Waals surface area contributed by atoms with Crippen LogP contribution in [0.15, 0.2) is 18.3 Å². The summed E-state index contributed by atoms with van der Waals surface area (Å²) >= 11 is 0. The number of ether oxygens (including phenoxy) is 2. The molecule has 6 heteroatoms. The highest BCUT2D eigenvalue weighted by molar-refractivity contribution is 5.94. The Hall–Kier alpha value is -1.66. The molecule has 0 radical (unpaired) electrons. The predicted molar refractivity (Wildman–Crippen MR) is 71.2 cm³/mol. The Morgan fingerprint density at radius 3 is 3.16 bits per heavy atom. The Morgan fingerprint density at radius 2 is 2.47 bits per heavy atom. The van der Waals surface area contributed by atoms with Crippen LogP contribution in [0.5, 0.6) is 0 Å². The van der Waals surface area contributed by atoms with Crippen LogP contribution in [0.3, 0.4) is 0 Å². The van der Waals surface area contributed by atoms with Gasteiger partial charge in [0.1, 0.15) is 11.4 Å². The van der Waals surface area contributed by atoms with E-state index in [-0.39, 0.29) is 18.1 Å². The van der Waals surface area contributed by atoms with E-state index in [2.05, 4.69) is 4.98 Å². The second-order valence-corrected chi connectivity index (χ2v) is 4.58. The highest BCUT2D eigenvalue weighted by Crippen LogP contribution is 2.21. The molecule has 1 aromatic rings. The number of carbonyl (C=O) groups is 1. The molecule has 0 saturated carbocycles. The molecule has 0 spiro atoms. The van der Waals surface area contributed by atoms with Gasteiger partial charge in [-0.15, -0.1) is 0 Å². The molecule has 6 nitrogen and oxygen atoms in total. The molecule has 0 aliphatic carbocycles. The number of morpholine rings is 1. The van der Waals surface area contributed by atoms with Crippen molar-refractivity contribution >= 4 is 11.8 Å². The van der Waals surface area contributed by atoms with Crippen molar-refractivity contribution in [1.29, 1.82) is 0 Å². The van der Waals surface area contributed by atoms with Crippen LogP contribution < -0.4 is 10.6 Å². The summed E-state index contributed by atoms with van der Waals surface area (Å²) in [7, 11) is 1.36. The Bertz CT molecular complexity index is 451. The van der Waals surface area contributed by atoms with E-state index in [1.165, 1.54) is 7.11 Å². The number of nitrogens with two attached hydrogens (primary N) is 1. The van der Waals surface area contributed by atoms with Crippen LogP contribution in [0.4, 0.5) is 5.82 Å². The third-order valence-electron chi connectivity index (χ3n) is 3.17. The van der Waals surface area contributed by atoms with Gasteiger partial charge in [-0.3, -0.25) is 0 Å². The first kappa shape index (κ1) is 13.8. The van der Waals surface area contributed by atoms with Crippen molar-refractivity contribution in [2.45, 2.75) is 19.1 Å². The number of esters is 1. The van der Waals surface area contributed by atoms with Gasteiger partial charge in [0.05, 0.1) is 19.8 Å². The van der Waals surface area contributed by atoms with E-state index in [0.717, 1.165) is 0 Å². The highest BCUT2D eigenvalue weighted by atomic mass is 16.5. The maximum atomic E-state index is 11.7. The molecule has 2 atom stereocenters. The third kappa shape index (κ3) is 3.02. The quantitative estimate of drug-likeness (QED) is 0.798. The van der Waals surface area contributed by atoms with Crippen LogP contribution in [-0.4, -0.2) is 49.9 Å². The molecule has 104 valence electrons. The van der Waals surface area contributed by atoms with Crippen LogP contribution in [-0.2, 0) is 9.47 Å². The maximum Gasteiger partial charge on any atom is 0.341 e. The van der Waals surface area contributed by atoms with Crippen molar-refractivity contribution in [3.8, 4) is 0 Å². The number of rotatable bonds is 3. The van der Waals surface area contributed by atoms with Crippen LogP contribution in [0, 0.1) is 0 Å². The number of hydrogen-bond acceptors (Lipinski definition) is 6. The third-order valence-corrected chi connectivity index (χ3v) is 3.17. The Balaban J connectivity index is 2.24. The number of anilines is 1. The van der Waals surface area contributed by atoms with E-state index in [1.54, 1.807) is 18.3 Å². The zero-order chi connectivity index (χ0) is 13.8. The summed E-state index contributed by atoms with van der Waals surface area (Å²) in [6, 6.07) is 3.37. The molecule has 1 aliphatic rings.